The second kappa shape index (κ2) is 3.92. The van der Waals surface area contributed by atoms with Gasteiger partial charge in [0.2, 0.25) is 5.91 Å². The monoisotopic (exact) mass is 160 g/mol. The number of nitrogens with one attached hydrogen (secondary N) is 1. The Morgan fingerprint density at radius 3 is 2.09 bits per heavy atom. The average Bonchev–Trinajstić information content (AvgIpc) is 1.81. The lowest BCUT2D eigenvalue weighted by Gasteiger charge is -2.16. The van der Waals surface area contributed by atoms with E-state index in [4.69, 9.17) is 10.8 Å². The Morgan fingerprint density at radius 2 is 2.00 bits per heavy atom. The van der Waals surface area contributed by atoms with Gasteiger partial charge in [-0.1, -0.05) is 0 Å². The lowest BCUT2D eigenvalue weighted by atomic mass is 10.1. The van der Waals surface area contributed by atoms with Crippen LogP contribution in [0.25, 0.3) is 0 Å². The fourth-order valence-electron chi connectivity index (χ4n) is 0.637. The van der Waals surface area contributed by atoms with Crippen molar-refractivity contribution in [1.29, 1.82) is 0 Å². The van der Waals surface area contributed by atoms with Crippen molar-refractivity contribution in [3.05, 3.63) is 0 Å². The number of amides is 1. The molecule has 0 spiro atoms. The molecule has 1 amide bonds. The second-order valence-corrected chi connectivity index (χ2v) is 2.38. The minimum Gasteiger partial charge on any atom is -0.480 e. The molecule has 0 unspecified atom stereocenters. The highest BCUT2D eigenvalue weighted by atomic mass is 16.4. The summed E-state index contributed by atoms with van der Waals surface area (Å²) >= 11 is 0. The number of carboxylic acid groups (broad SMARTS) is 1. The lowest BCUT2D eigenvalue weighted by molar-refractivity contribution is -0.142. The fourth-order valence-corrected chi connectivity index (χ4v) is 0.637. The molecule has 0 aromatic rings. The third-order valence-electron chi connectivity index (χ3n) is 1.15. The zero-order valence-corrected chi connectivity index (χ0v) is 6.50. The highest BCUT2D eigenvalue weighted by Gasteiger charge is 2.21. The SMILES string of the molecule is CC(=O)N[C@H](C(=O)O)[C@H](C)N. The summed E-state index contributed by atoms with van der Waals surface area (Å²) in [5, 5.41) is 10.7. The summed E-state index contributed by atoms with van der Waals surface area (Å²) in [4.78, 5) is 20.8. The van der Waals surface area contributed by atoms with Crippen molar-refractivity contribution >= 4 is 11.9 Å². The van der Waals surface area contributed by atoms with Gasteiger partial charge in [-0.25, -0.2) is 4.79 Å². The van der Waals surface area contributed by atoms with Gasteiger partial charge in [0.25, 0.3) is 0 Å². The Kier molecular flexibility index (Phi) is 3.53. The van der Waals surface area contributed by atoms with Gasteiger partial charge in [0.1, 0.15) is 6.04 Å². The van der Waals surface area contributed by atoms with Crippen LogP contribution in [-0.2, 0) is 9.59 Å². The number of rotatable bonds is 3. The van der Waals surface area contributed by atoms with Gasteiger partial charge in [0.15, 0.2) is 0 Å². The Morgan fingerprint density at radius 1 is 1.55 bits per heavy atom. The summed E-state index contributed by atoms with van der Waals surface area (Å²) in [7, 11) is 0. The highest BCUT2D eigenvalue weighted by molar-refractivity contribution is 5.82. The zero-order valence-electron chi connectivity index (χ0n) is 6.50. The van der Waals surface area contributed by atoms with Crippen LogP contribution in [0.2, 0.25) is 0 Å². The van der Waals surface area contributed by atoms with Crippen LogP contribution < -0.4 is 11.1 Å². The molecule has 0 saturated carbocycles. The summed E-state index contributed by atoms with van der Waals surface area (Å²) in [5.41, 5.74) is 5.29. The van der Waals surface area contributed by atoms with Gasteiger partial charge in [-0.15, -0.1) is 0 Å². The van der Waals surface area contributed by atoms with Gasteiger partial charge in [-0.2, -0.15) is 0 Å². The summed E-state index contributed by atoms with van der Waals surface area (Å²) in [6.45, 7) is 2.77. The Hall–Kier alpha value is -1.10. The Labute approximate surface area is 64.6 Å². The molecule has 0 bridgehead atoms. The maximum Gasteiger partial charge on any atom is 0.327 e. The van der Waals surface area contributed by atoms with Crippen LogP contribution in [0.15, 0.2) is 0 Å². The molecule has 11 heavy (non-hydrogen) atoms. The number of carbonyl (C=O) groups is 2. The number of aliphatic carboxylic acids is 1. The molecule has 0 saturated heterocycles. The van der Waals surface area contributed by atoms with E-state index < -0.39 is 24.0 Å². The Bertz CT molecular complexity index is 167. The minimum absolute atomic E-state index is 0.394. The quantitative estimate of drug-likeness (QED) is 0.489. The summed E-state index contributed by atoms with van der Waals surface area (Å²) in [5.74, 6) is -1.51. The molecule has 0 aliphatic heterocycles. The molecule has 0 heterocycles. The molecular weight excluding hydrogens is 148 g/mol. The number of nitrogens with two attached hydrogens (primary N) is 1. The van der Waals surface area contributed by atoms with E-state index in [0.29, 0.717) is 0 Å². The van der Waals surface area contributed by atoms with Gasteiger partial charge >= 0.3 is 5.97 Å². The summed E-state index contributed by atoms with van der Waals surface area (Å²) < 4.78 is 0. The molecule has 0 aromatic heterocycles. The lowest BCUT2D eigenvalue weighted by Crippen LogP contribution is -2.50. The molecule has 5 heteroatoms. The van der Waals surface area contributed by atoms with Gasteiger partial charge in [-0.05, 0) is 6.92 Å². The van der Waals surface area contributed by atoms with E-state index in [2.05, 4.69) is 5.32 Å². The van der Waals surface area contributed by atoms with Crippen molar-refractivity contribution in [3.63, 3.8) is 0 Å². The molecular formula is C6H12N2O3. The number of carbonyl (C=O) groups excluding carboxylic acids is 1. The van der Waals surface area contributed by atoms with E-state index in [9.17, 15) is 9.59 Å². The first-order chi connectivity index (χ1) is 4.95. The predicted molar refractivity (Wildman–Crippen MR) is 38.9 cm³/mol. The summed E-state index contributed by atoms with van der Waals surface area (Å²) in [6, 6.07) is -1.58. The second-order valence-electron chi connectivity index (χ2n) is 2.38. The fraction of sp³-hybridized carbons (Fsp3) is 0.667. The van der Waals surface area contributed by atoms with E-state index >= 15 is 0 Å². The van der Waals surface area contributed by atoms with Crippen LogP contribution >= 0.6 is 0 Å². The van der Waals surface area contributed by atoms with Crippen molar-refractivity contribution in [1.82, 2.24) is 5.32 Å². The first kappa shape index (κ1) is 9.90. The van der Waals surface area contributed by atoms with Crippen LogP contribution in [-0.4, -0.2) is 29.1 Å². The van der Waals surface area contributed by atoms with E-state index in [1.807, 2.05) is 0 Å². The van der Waals surface area contributed by atoms with Crippen LogP contribution in [0.1, 0.15) is 13.8 Å². The molecule has 4 N–H and O–H groups in total. The topological polar surface area (TPSA) is 92.4 Å². The molecule has 0 radical (unpaired) electrons. The van der Waals surface area contributed by atoms with Crippen molar-refractivity contribution < 1.29 is 14.7 Å². The number of hydrogen-bond donors (Lipinski definition) is 3. The van der Waals surface area contributed by atoms with Gasteiger partial charge in [0.05, 0.1) is 0 Å². The molecule has 0 fully saturated rings. The van der Waals surface area contributed by atoms with Crippen molar-refractivity contribution in [2.45, 2.75) is 25.9 Å². The van der Waals surface area contributed by atoms with Crippen LogP contribution in [0.5, 0.6) is 0 Å². The molecule has 2 atom stereocenters. The molecule has 0 rings (SSSR count). The van der Waals surface area contributed by atoms with E-state index in [1.54, 1.807) is 0 Å². The third kappa shape index (κ3) is 3.57. The number of carboxylic acids is 1. The van der Waals surface area contributed by atoms with Crippen LogP contribution in [0.3, 0.4) is 0 Å². The molecule has 5 nitrogen and oxygen atoms in total. The van der Waals surface area contributed by atoms with Crippen LogP contribution in [0, 0.1) is 0 Å². The van der Waals surface area contributed by atoms with Crippen molar-refractivity contribution in [3.8, 4) is 0 Å². The van der Waals surface area contributed by atoms with Gasteiger partial charge in [-0.3, -0.25) is 4.79 Å². The molecule has 0 aliphatic carbocycles. The largest absolute Gasteiger partial charge is 0.480 e. The highest BCUT2D eigenvalue weighted by Crippen LogP contribution is 1.89. The van der Waals surface area contributed by atoms with Crippen molar-refractivity contribution in [2.24, 2.45) is 5.73 Å². The van der Waals surface area contributed by atoms with Crippen molar-refractivity contribution in [2.75, 3.05) is 0 Å². The first-order valence-electron chi connectivity index (χ1n) is 3.20. The molecule has 0 aromatic carbocycles. The van der Waals surface area contributed by atoms with E-state index in [-0.39, 0.29) is 0 Å². The van der Waals surface area contributed by atoms with Gasteiger partial charge < -0.3 is 16.2 Å². The van der Waals surface area contributed by atoms with Gasteiger partial charge in [0, 0.05) is 13.0 Å². The maximum absolute atomic E-state index is 10.4. The predicted octanol–water partition coefficient (Wildman–Crippen LogP) is -1.08. The number of hydrogen-bond acceptors (Lipinski definition) is 3. The standard InChI is InChI=1S/C6H12N2O3/c1-3(7)5(6(10)11)8-4(2)9/h3,5H,7H2,1-2H3,(H,8,9)(H,10,11)/t3-,5-/m0/s1. The zero-order chi connectivity index (χ0) is 9.02. The molecule has 0 aliphatic rings. The maximum atomic E-state index is 10.4. The van der Waals surface area contributed by atoms with Crippen LogP contribution in [0.4, 0.5) is 0 Å². The average molecular weight is 160 g/mol. The first-order valence-corrected chi connectivity index (χ1v) is 3.20. The summed E-state index contributed by atoms with van der Waals surface area (Å²) in [6.07, 6.45) is 0. The Balaban J connectivity index is 4.12. The minimum atomic E-state index is -1.12. The van der Waals surface area contributed by atoms with E-state index in [0.717, 1.165) is 0 Å². The normalized spacial score (nSPS) is 15.2. The third-order valence-corrected chi connectivity index (χ3v) is 1.15. The smallest absolute Gasteiger partial charge is 0.327 e. The molecule has 64 valence electrons. The van der Waals surface area contributed by atoms with E-state index in [1.165, 1.54) is 13.8 Å².